The van der Waals surface area contributed by atoms with Crippen LogP contribution in [0.2, 0.25) is 0 Å². The molecule has 0 aromatic rings. The molecule has 2 aliphatic carbocycles. The number of halogens is 7. The maximum Gasteiger partial charge on any atom is 0.465 e. The van der Waals surface area contributed by atoms with Crippen molar-refractivity contribution in [2.75, 3.05) is 12.4 Å². The van der Waals surface area contributed by atoms with Gasteiger partial charge < -0.3 is 9.47 Å². The minimum absolute atomic E-state index is 0.0570. The van der Waals surface area contributed by atoms with Crippen LogP contribution in [0, 0.1) is 11.8 Å². The van der Waals surface area contributed by atoms with Crippen LogP contribution in [0.3, 0.4) is 0 Å². The molecule has 0 aromatic heterocycles. The standard InChI is InChI=1S/C15H15F7O7S3/c16-13(17,15(20,21)22)10(23)28-4-8-5-30-12(31-8)7-2-1-6(3-7)9(12)29-11(24)14(18,19)32(25,26)27/h6-9H,1-5H2,(H,25,26,27). The van der Waals surface area contributed by atoms with E-state index < -0.39 is 67.4 Å². The van der Waals surface area contributed by atoms with E-state index in [1.165, 1.54) is 0 Å². The third-order valence-corrected chi connectivity index (χ3v) is 10.3. The average Bonchev–Trinajstić information content (AvgIpc) is 3.35. The lowest BCUT2D eigenvalue weighted by Gasteiger charge is -2.39. The Morgan fingerprint density at radius 2 is 1.69 bits per heavy atom. The number of hydrogen-bond acceptors (Lipinski definition) is 8. The summed E-state index contributed by atoms with van der Waals surface area (Å²) in [7, 11) is -6.09. The fourth-order valence-corrected chi connectivity index (χ4v) is 8.51. The third kappa shape index (κ3) is 4.17. The molecule has 0 radical (unpaired) electrons. The molecule has 1 saturated heterocycles. The largest absolute Gasteiger partial charge is 0.465 e. The molecule has 32 heavy (non-hydrogen) atoms. The molecule has 5 atom stereocenters. The molecule has 2 saturated carbocycles. The number of fused-ring (bicyclic) bond motifs is 3. The second-order valence-corrected chi connectivity index (χ2v) is 12.1. The number of rotatable bonds is 6. The summed E-state index contributed by atoms with van der Waals surface area (Å²) in [6, 6.07) is 0. The molecule has 1 aliphatic heterocycles. The highest BCUT2D eigenvalue weighted by Gasteiger charge is 2.67. The minimum atomic E-state index is -6.13. The maximum absolute atomic E-state index is 13.6. The fourth-order valence-electron chi connectivity index (χ4n) is 4.06. The highest BCUT2D eigenvalue weighted by Crippen LogP contribution is 2.67. The number of esters is 2. The van der Waals surface area contributed by atoms with Gasteiger partial charge in [-0.1, -0.05) is 0 Å². The quantitative estimate of drug-likeness (QED) is 0.311. The number of alkyl halides is 7. The molecule has 184 valence electrons. The smallest absolute Gasteiger partial charge is 0.460 e. The van der Waals surface area contributed by atoms with Gasteiger partial charge in [-0.25, -0.2) is 9.59 Å². The molecule has 3 rings (SSSR count). The zero-order valence-corrected chi connectivity index (χ0v) is 18.1. The predicted molar refractivity (Wildman–Crippen MR) is 95.7 cm³/mol. The van der Waals surface area contributed by atoms with Gasteiger partial charge in [-0.2, -0.15) is 39.2 Å². The molecule has 3 aliphatic rings. The van der Waals surface area contributed by atoms with E-state index in [1.807, 2.05) is 0 Å². The van der Waals surface area contributed by atoms with Crippen LogP contribution in [-0.2, 0) is 29.2 Å². The number of carbonyl (C=O) groups excluding carboxylic acids is 2. The lowest BCUT2D eigenvalue weighted by Crippen LogP contribution is -2.48. The van der Waals surface area contributed by atoms with Gasteiger partial charge in [-0.05, 0) is 31.1 Å². The van der Waals surface area contributed by atoms with Crippen molar-refractivity contribution in [1.82, 2.24) is 0 Å². The SMILES string of the molecule is O=C(OCC1CSC2(S1)C1CCC(C1)C2OC(=O)C(F)(F)S(=O)(=O)O)C(F)(F)C(F)(F)F. The Hall–Kier alpha value is -0.940. The summed E-state index contributed by atoms with van der Waals surface area (Å²) in [4.78, 5) is 23.0. The molecule has 0 aromatic carbocycles. The van der Waals surface area contributed by atoms with E-state index in [0.717, 1.165) is 23.5 Å². The third-order valence-electron chi connectivity index (χ3n) is 5.52. The van der Waals surface area contributed by atoms with Crippen molar-refractivity contribution in [1.29, 1.82) is 0 Å². The van der Waals surface area contributed by atoms with Crippen molar-refractivity contribution in [3.63, 3.8) is 0 Å². The van der Waals surface area contributed by atoms with E-state index in [9.17, 15) is 48.7 Å². The van der Waals surface area contributed by atoms with Crippen LogP contribution in [0.5, 0.6) is 0 Å². The van der Waals surface area contributed by atoms with Crippen LogP contribution >= 0.6 is 23.5 Å². The van der Waals surface area contributed by atoms with E-state index in [0.29, 0.717) is 19.3 Å². The minimum Gasteiger partial charge on any atom is -0.460 e. The van der Waals surface area contributed by atoms with Gasteiger partial charge in [0, 0.05) is 11.0 Å². The summed E-state index contributed by atoms with van der Waals surface area (Å²) in [5, 5.41) is -6.02. The zero-order valence-electron chi connectivity index (χ0n) is 15.6. The van der Waals surface area contributed by atoms with Crippen LogP contribution in [-0.4, -0.2) is 70.1 Å². The molecule has 17 heteroatoms. The van der Waals surface area contributed by atoms with Gasteiger partial charge in [0.15, 0.2) is 0 Å². The van der Waals surface area contributed by atoms with Gasteiger partial charge in [-0.3, -0.25) is 4.55 Å². The van der Waals surface area contributed by atoms with Gasteiger partial charge in [0.05, 0.1) is 0 Å². The Bertz CT molecular complexity index is 894. The molecule has 1 N–H and O–H groups in total. The molecular formula is C15H15F7O7S3. The van der Waals surface area contributed by atoms with Gasteiger partial charge in [0.25, 0.3) is 0 Å². The first kappa shape index (κ1) is 25.7. The van der Waals surface area contributed by atoms with E-state index in [-0.39, 0.29) is 11.7 Å². The molecule has 1 spiro atoms. The highest BCUT2D eigenvalue weighted by atomic mass is 32.2. The van der Waals surface area contributed by atoms with E-state index in [4.69, 9.17) is 9.29 Å². The van der Waals surface area contributed by atoms with Gasteiger partial charge in [-0.15, -0.1) is 23.5 Å². The van der Waals surface area contributed by atoms with Crippen molar-refractivity contribution in [2.45, 2.75) is 52.0 Å². The second-order valence-electron chi connectivity index (χ2n) is 7.53. The molecule has 5 unspecified atom stereocenters. The first-order valence-electron chi connectivity index (χ1n) is 8.93. The van der Waals surface area contributed by atoms with Crippen LogP contribution < -0.4 is 0 Å². The van der Waals surface area contributed by atoms with E-state index in [1.54, 1.807) is 0 Å². The Balaban J connectivity index is 1.70. The summed E-state index contributed by atoms with van der Waals surface area (Å²) in [6.45, 7) is -0.830. The zero-order chi connectivity index (χ0) is 24.3. The van der Waals surface area contributed by atoms with Gasteiger partial charge in [0.1, 0.15) is 16.8 Å². The van der Waals surface area contributed by atoms with Crippen molar-refractivity contribution >= 4 is 45.6 Å². The van der Waals surface area contributed by atoms with Crippen LogP contribution in [0.4, 0.5) is 30.7 Å². The fraction of sp³-hybridized carbons (Fsp3) is 0.867. The van der Waals surface area contributed by atoms with E-state index in [2.05, 4.69) is 4.74 Å². The Labute approximate surface area is 184 Å². The topological polar surface area (TPSA) is 107 Å². The molecule has 1 heterocycles. The summed E-state index contributed by atoms with van der Waals surface area (Å²) in [5.74, 6) is -11.5. The van der Waals surface area contributed by atoms with Gasteiger partial charge >= 0.3 is 39.4 Å². The lowest BCUT2D eigenvalue weighted by molar-refractivity contribution is -0.280. The molecule has 0 amide bonds. The summed E-state index contributed by atoms with van der Waals surface area (Å²) < 4.78 is 128. The first-order chi connectivity index (χ1) is 14.4. The lowest BCUT2D eigenvalue weighted by atomic mass is 9.96. The van der Waals surface area contributed by atoms with Crippen LogP contribution in [0.25, 0.3) is 0 Å². The maximum atomic E-state index is 13.6. The monoisotopic (exact) mass is 536 g/mol. The summed E-state index contributed by atoms with van der Waals surface area (Å²) in [6.07, 6.45) is -5.88. The molecule has 3 fully saturated rings. The first-order valence-corrected chi connectivity index (χ1v) is 12.2. The number of thioether (sulfide) groups is 2. The Kier molecular flexibility index (Phi) is 6.48. The Morgan fingerprint density at radius 1 is 1.06 bits per heavy atom. The predicted octanol–water partition coefficient (Wildman–Crippen LogP) is 3.09. The molecule has 2 bridgehead atoms. The number of ether oxygens (including phenoxy) is 2. The normalized spacial score (nSPS) is 33.0. The van der Waals surface area contributed by atoms with Crippen LogP contribution in [0.1, 0.15) is 19.3 Å². The molecule has 7 nitrogen and oxygen atoms in total. The highest BCUT2D eigenvalue weighted by molar-refractivity contribution is 8.21. The second kappa shape index (κ2) is 8.08. The van der Waals surface area contributed by atoms with Crippen molar-refractivity contribution in [3.05, 3.63) is 0 Å². The van der Waals surface area contributed by atoms with Crippen molar-refractivity contribution in [3.8, 4) is 0 Å². The average molecular weight is 536 g/mol. The van der Waals surface area contributed by atoms with Crippen LogP contribution in [0.15, 0.2) is 0 Å². The number of carbonyl (C=O) groups is 2. The van der Waals surface area contributed by atoms with Crippen molar-refractivity contribution in [2.24, 2.45) is 11.8 Å². The summed E-state index contributed by atoms with van der Waals surface area (Å²) in [5.41, 5.74) is 0. The van der Waals surface area contributed by atoms with E-state index >= 15 is 0 Å². The summed E-state index contributed by atoms with van der Waals surface area (Å²) >= 11 is 2.02. The Morgan fingerprint density at radius 3 is 2.25 bits per heavy atom. The number of hydrogen-bond donors (Lipinski definition) is 1. The van der Waals surface area contributed by atoms with Crippen molar-refractivity contribution < 1.29 is 62.8 Å². The van der Waals surface area contributed by atoms with Gasteiger partial charge in [0.2, 0.25) is 0 Å². The molecular weight excluding hydrogens is 521 g/mol.